The number of carbonyl (C=O) groups excluding carboxylic acids is 1. The topological polar surface area (TPSA) is 46.9 Å². The van der Waals surface area contributed by atoms with Crippen molar-refractivity contribution in [1.82, 2.24) is 9.78 Å². The molecule has 0 radical (unpaired) electrons. The number of rotatable bonds is 4. The SMILES string of the molecule is Cc1cccc(C)c1NC(=O)CCc1c(C)nn(C)c1C. The van der Waals surface area contributed by atoms with Gasteiger partial charge in [-0.3, -0.25) is 9.48 Å². The van der Waals surface area contributed by atoms with Crippen LogP contribution < -0.4 is 5.32 Å². The van der Waals surface area contributed by atoms with Crippen LogP contribution in [0.2, 0.25) is 0 Å². The van der Waals surface area contributed by atoms with Gasteiger partial charge in [0.25, 0.3) is 0 Å². The molecule has 1 amide bonds. The van der Waals surface area contributed by atoms with Crippen LogP contribution in [0, 0.1) is 27.7 Å². The zero-order valence-corrected chi connectivity index (χ0v) is 13.4. The number of amides is 1. The molecule has 112 valence electrons. The Kier molecular flexibility index (Phi) is 4.46. The summed E-state index contributed by atoms with van der Waals surface area (Å²) < 4.78 is 1.87. The minimum absolute atomic E-state index is 0.0510. The van der Waals surface area contributed by atoms with Crippen molar-refractivity contribution < 1.29 is 4.79 Å². The minimum atomic E-state index is 0.0510. The molecular weight excluding hydrogens is 262 g/mol. The molecule has 0 atom stereocenters. The zero-order chi connectivity index (χ0) is 15.6. The van der Waals surface area contributed by atoms with Gasteiger partial charge in [-0.2, -0.15) is 5.10 Å². The molecule has 1 aromatic carbocycles. The molecule has 1 N–H and O–H groups in total. The second-order valence-corrected chi connectivity index (χ2v) is 5.59. The number of nitrogens with one attached hydrogen (secondary N) is 1. The maximum absolute atomic E-state index is 12.2. The Balaban J connectivity index is 2.03. The lowest BCUT2D eigenvalue weighted by Gasteiger charge is -2.11. The van der Waals surface area contributed by atoms with Crippen LogP contribution in [-0.4, -0.2) is 15.7 Å². The van der Waals surface area contributed by atoms with Crippen molar-refractivity contribution in [2.24, 2.45) is 7.05 Å². The lowest BCUT2D eigenvalue weighted by atomic mass is 10.1. The molecule has 4 heteroatoms. The normalized spacial score (nSPS) is 10.7. The van der Waals surface area contributed by atoms with Crippen LogP contribution in [0.15, 0.2) is 18.2 Å². The third-order valence-corrected chi connectivity index (χ3v) is 4.01. The highest BCUT2D eigenvalue weighted by Gasteiger charge is 2.12. The second-order valence-electron chi connectivity index (χ2n) is 5.59. The highest BCUT2D eigenvalue weighted by molar-refractivity contribution is 5.92. The molecule has 0 saturated carbocycles. The van der Waals surface area contributed by atoms with Gasteiger partial charge < -0.3 is 5.32 Å². The van der Waals surface area contributed by atoms with E-state index in [1.54, 1.807) is 0 Å². The van der Waals surface area contributed by atoms with Crippen molar-refractivity contribution >= 4 is 11.6 Å². The first-order chi connectivity index (χ1) is 9.90. The van der Waals surface area contributed by atoms with Gasteiger partial charge in [-0.05, 0) is 50.8 Å². The van der Waals surface area contributed by atoms with Gasteiger partial charge in [0, 0.05) is 24.8 Å². The van der Waals surface area contributed by atoms with Gasteiger partial charge in [-0.25, -0.2) is 0 Å². The number of aryl methyl sites for hydroxylation is 4. The van der Waals surface area contributed by atoms with E-state index >= 15 is 0 Å². The van der Waals surface area contributed by atoms with Crippen molar-refractivity contribution in [2.45, 2.75) is 40.5 Å². The highest BCUT2D eigenvalue weighted by Crippen LogP contribution is 2.20. The van der Waals surface area contributed by atoms with Crippen molar-refractivity contribution in [3.63, 3.8) is 0 Å². The molecule has 0 aliphatic rings. The predicted octanol–water partition coefficient (Wildman–Crippen LogP) is 3.23. The highest BCUT2D eigenvalue weighted by atomic mass is 16.1. The minimum Gasteiger partial charge on any atom is -0.326 e. The van der Waals surface area contributed by atoms with Crippen LogP contribution in [0.25, 0.3) is 0 Å². The zero-order valence-electron chi connectivity index (χ0n) is 13.4. The van der Waals surface area contributed by atoms with Crippen molar-refractivity contribution in [3.05, 3.63) is 46.3 Å². The van der Waals surface area contributed by atoms with E-state index in [9.17, 15) is 4.79 Å². The van der Waals surface area contributed by atoms with E-state index in [0.717, 1.165) is 34.6 Å². The van der Waals surface area contributed by atoms with Gasteiger partial charge in [-0.1, -0.05) is 18.2 Å². The Bertz CT molecular complexity index is 651. The number of aromatic nitrogens is 2. The molecule has 0 spiro atoms. The van der Waals surface area contributed by atoms with E-state index in [-0.39, 0.29) is 5.91 Å². The maximum atomic E-state index is 12.2. The molecule has 0 bridgehead atoms. The molecule has 2 rings (SSSR count). The number of para-hydroxylation sites is 1. The van der Waals surface area contributed by atoms with Crippen LogP contribution in [0.5, 0.6) is 0 Å². The molecule has 0 aliphatic heterocycles. The molecule has 0 saturated heterocycles. The molecule has 1 aromatic heterocycles. The van der Waals surface area contributed by atoms with Crippen molar-refractivity contribution in [1.29, 1.82) is 0 Å². The first-order valence-electron chi connectivity index (χ1n) is 7.25. The predicted molar refractivity (Wildman–Crippen MR) is 85.5 cm³/mol. The van der Waals surface area contributed by atoms with Gasteiger partial charge in [0.05, 0.1) is 5.69 Å². The summed E-state index contributed by atoms with van der Waals surface area (Å²) in [4.78, 5) is 12.2. The fourth-order valence-corrected chi connectivity index (χ4v) is 2.63. The molecular formula is C17H23N3O. The molecule has 2 aromatic rings. The lowest BCUT2D eigenvalue weighted by molar-refractivity contribution is -0.116. The summed E-state index contributed by atoms with van der Waals surface area (Å²) in [5.41, 5.74) is 6.44. The number of benzene rings is 1. The molecule has 0 aliphatic carbocycles. The van der Waals surface area contributed by atoms with Gasteiger partial charge in [0.15, 0.2) is 0 Å². The smallest absolute Gasteiger partial charge is 0.224 e. The third-order valence-electron chi connectivity index (χ3n) is 4.01. The Morgan fingerprint density at radius 1 is 1.19 bits per heavy atom. The number of hydrogen-bond donors (Lipinski definition) is 1. The van der Waals surface area contributed by atoms with Gasteiger partial charge >= 0.3 is 0 Å². The van der Waals surface area contributed by atoms with Crippen molar-refractivity contribution in [3.8, 4) is 0 Å². The molecule has 4 nitrogen and oxygen atoms in total. The van der Waals surface area contributed by atoms with E-state index in [0.29, 0.717) is 6.42 Å². The molecule has 21 heavy (non-hydrogen) atoms. The van der Waals surface area contributed by atoms with Crippen LogP contribution in [0.3, 0.4) is 0 Å². The number of hydrogen-bond acceptors (Lipinski definition) is 2. The Morgan fingerprint density at radius 2 is 1.81 bits per heavy atom. The molecule has 0 unspecified atom stereocenters. The summed E-state index contributed by atoms with van der Waals surface area (Å²) in [5.74, 6) is 0.0510. The number of anilines is 1. The molecule has 1 heterocycles. The van der Waals surface area contributed by atoms with Gasteiger partial charge in [0.2, 0.25) is 5.91 Å². The fraction of sp³-hybridized carbons (Fsp3) is 0.412. The van der Waals surface area contributed by atoms with E-state index in [2.05, 4.69) is 10.4 Å². The monoisotopic (exact) mass is 285 g/mol. The van der Waals surface area contributed by atoms with Crippen LogP contribution in [0.4, 0.5) is 5.69 Å². The summed E-state index contributed by atoms with van der Waals surface area (Å²) in [5, 5.41) is 7.41. The van der Waals surface area contributed by atoms with Crippen LogP contribution in [0.1, 0.15) is 34.5 Å². The summed E-state index contributed by atoms with van der Waals surface area (Å²) in [6, 6.07) is 6.03. The van der Waals surface area contributed by atoms with E-state index in [1.165, 1.54) is 5.56 Å². The lowest BCUT2D eigenvalue weighted by Crippen LogP contribution is -2.14. The summed E-state index contributed by atoms with van der Waals surface area (Å²) in [7, 11) is 1.93. The molecule has 0 fully saturated rings. The second kappa shape index (κ2) is 6.12. The average molecular weight is 285 g/mol. The van der Waals surface area contributed by atoms with E-state index in [4.69, 9.17) is 0 Å². The quantitative estimate of drug-likeness (QED) is 0.937. The average Bonchev–Trinajstić information content (AvgIpc) is 2.66. The number of carbonyl (C=O) groups is 1. The third kappa shape index (κ3) is 3.32. The first kappa shape index (κ1) is 15.3. The van der Waals surface area contributed by atoms with Gasteiger partial charge in [-0.15, -0.1) is 0 Å². The fourth-order valence-electron chi connectivity index (χ4n) is 2.63. The summed E-state index contributed by atoms with van der Waals surface area (Å²) in [6.45, 7) is 8.06. The standard InChI is InChI=1S/C17H23N3O/c1-11-7-6-8-12(2)17(11)18-16(21)10-9-15-13(3)19-20(5)14(15)4/h6-8H,9-10H2,1-5H3,(H,18,21). The van der Waals surface area contributed by atoms with Gasteiger partial charge in [0.1, 0.15) is 0 Å². The van der Waals surface area contributed by atoms with E-state index in [1.807, 2.05) is 57.6 Å². The van der Waals surface area contributed by atoms with E-state index < -0.39 is 0 Å². The van der Waals surface area contributed by atoms with Crippen molar-refractivity contribution in [2.75, 3.05) is 5.32 Å². The largest absolute Gasteiger partial charge is 0.326 e. The summed E-state index contributed by atoms with van der Waals surface area (Å²) in [6.07, 6.45) is 1.20. The maximum Gasteiger partial charge on any atom is 0.224 e. The van der Waals surface area contributed by atoms with Crippen LogP contribution >= 0.6 is 0 Å². The summed E-state index contributed by atoms with van der Waals surface area (Å²) >= 11 is 0. The Hall–Kier alpha value is -2.10. The Morgan fingerprint density at radius 3 is 2.33 bits per heavy atom. The first-order valence-corrected chi connectivity index (χ1v) is 7.25. The van der Waals surface area contributed by atoms with Crippen LogP contribution in [-0.2, 0) is 18.3 Å². The number of nitrogens with zero attached hydrogens (tertiary/aromatic N) is 2. The Labute approximate surface area is 126 Å².